The number of nitrogens with zero attached hydrogens (tertiary/aromatic N) is 3. The molecule has 1 aromatic heterocycles. The molecule has 0 atom stereocenters. The van der Waals surface area contributed by atoms with Crippen molar-refractivity contribution in [2.45, 2.75) is 12.1 Å². The average molecular weight is 439 g/mol. The van der Waals surface area contributed by atoms with Gasteiger partial charge in [0.2, 0.25) is 5.91 Å². The van der Waals surface area contributed by atoms with Crippen LogP contribution in [0.3, 0.4) is 0 Å². The van der Waals surface area contributed by atoms with Crippen LogP contribution in [0.1, 0.15) is 16.1 Å². The van der Waals surface area contributed by atoms with Crippen LogP contribution in [-0.4, -0.2) is 32.0 Å². The summed E-state index contributed by atoms with van der Waals surface area (Å²) in [5.74, 6) is -1.37. The molecule has 2 amide bonds. The second-order valence-electron chi connectivity index (χ2n) is 6.29. The fraction of sp³-hybridized carbons (Fsp3) is 0.100. The Morgan fingerprint density at radius 1 is 1.10 bits per heavy atom. The highest BCUT2D eigenvalue weighted by atomic mass is 32.2. The number of para-hydroxylation sites is 1. The van der Waals surface area contributed by atoms with E-state index in [-0.39, 0.29) is 22.6 Å². The van der Waals surface area contributed by atoms with Gasteiger partial charge < -0.3 is 0 Å². The summed E-state index contributed by atoms with van der Waals surface area (Å²) >= 11 is 1.03. The summed E-state index contributed by atoms with van der Waals surface area (Å²) in [6.45, 7) is 1.68. The number of benzene rings is 2. The van der Waals surface area contributed by atoms with E-state index >= 15 is 0 Å². The van der Waals surface area contributed by atoms with Crippen molar-refractivity contribution in [2.24, 2.45) is 0 Å². The van der Waals surface area contributed by atoms with Gasteiger partial charge in [-0.3, -0.25) is 39.9 Å². The molecule has 0 unspecified atom stereocenters. The zero-order valence-electron chi connectivity index (χ0n) is 16.3. The number of nitrogens with one attached hydrogen (secondary N) is 2. The van der Waals surface area contributed by atoms with Gasteiger partial charge >= 0.3 is 0 Å². The van der Waals surface area contributed by atoms with Gasteiger partial charge in [-0.15, -0.1) is 0 Å². The Morgan fingerprint density at radius 3 is 2.55 bits per heavy atom. The van der Waals surface area contributed by atoms with E-state index in [4.69, 9.17) is 0 Å². The Labute approximate surface area is 180 Å². The van der Waals surface area contributed by atoms with Crippen molar-refractivity contribution in [2.75, 3.05) is 5.75 Å². The Morgan fingerprint density at radius 2 is 1.84 bits per heavy atom. The van der Waals surface area contributed by atoms with E-state index in [1.807, 2.05) is 6.07 Å². The Hall–Kier alpha value is -3.99. The first kappa shape index (κ1) is 21.7. The molecule has 0 saturated carbocycles. The molecule has 0 bridgehead atoms. The highest BCUT2D eigenvalue weighted by molar-refractivity contribution is 7.99. The third kappa shape index (κ3) is 5.54. The molecule has 158 valence electrons. The van der Waals surface area contributed by atoms with E-state index in [0.29, 0.717) is 16.5 Å². The number of aryl methyl sites for hydroxylation is 1. The van der Waals surface area contributed by atoms with Gasteiger partial charge in [0.1, 0.15) is 0 Å². The van der Waals surface area contributed by atoms with E-state index < -0.39 is 16.7 Å². The summed E-state index contributed by atoms with van der Waals surface area (Å²) in [4.78, 5) is 51.3. The van der Waals surface area contributed by atoms with Crippen LogP contribution in [-0.2, 0) is 4.79 Å². The summed E-state index contributed by atoms with van der Waals surface area (Å²) in [6, 6.07) is 15.4. The fourth-order valence-corrected chi connectivity index (χ4v) is 3.47. The van der Waals surface area contributed by atoms with Crippen LogP contribution >= 0.6 is 11.8 Å². The molecule has 10 nitrogen and oxygen atoms in total. The van der Waals surface area contributed by atoms with Gasteiger partial charge in [-0.1, -0.05) is 36.0 Å². The Bertz CT molecular complexity index is 1200. The Kier molecular flexibility index (Phi) is 6.78. The molecular weight excluding hydrogens is 422 g/mol. The second kappa shape index (κ2) is 9.67. The number of non-ortho nitro benzene ring substituents is 1. The van der Waals surface area contributed by atoms with Gasteiger partial charge in [0.05, 0.1) is 16.4 Å². The number of thioether (sulfide) groups is 1. The van der Waals surface area contributed by atoms with Crippen LogP contribution < -0.4 is 16.4 Å². The number of hydrazine groups is 1. The first-order chi connectivity index (χ1) is 14.8. The van der Waals surface area contributed by atoms with E-state index in [1.165, 1.54) is 28.8 Å². The van der Waals surface area contributed by atoms with Crippen molar-refractivity contribution in [3.63, 3.8) is 0 Å². The minimum absolute atomic E-state index is 0.0282. The molecule has 0 saturated heterocycles. The van der Waals surface area contributed by atoms with Crippen LogP contribution in [0.25, 0.3) is 5.69 Å². The molecule has 0 fully saturated rings. The number of amides is 2. The smallest absolute Gasteiger partial charge is 0.270 e. The molecule has 2 aromatic carbocycles. The molecule has 0 spiro atoms. The largest absolute Gasteiger partial charge is 0.272 e. The van der Waals surface area contributed by atoms with Gasteiger partial charge in [0, 0.05) is 29.5 Å². The minimum Gasteiger partial charge on any atom is -0.272 e. The summed E-state index contributed by atoms with van der Waals surface area (Å²) in [6.07, 6.45) is 0. The van der Waals surface area contributed by atoms with Crippen molar-refractivity contribution >= 4 is 29.3 Å². The molecule has 1 heterocycles. The van der Waals surface area contributed by atoms with Crippen molar-refractivity contribution in [1.29, 1.82) is 0 Å². The van der Waals surface area contributed by atoms with Crippen LogP contribution in [0.15, 0.2) is 70.6 Å². The van der Waals surface area contributed by atoms with Crippen LogP contribution in [0, 0.1) is 17.0 Å². The molecule has 3 aromatic rings. The van der Waals surface area contributed by atoms with Crippen molar-refractivity contribution in [3.8, 4) is 5.69 Å². The minimum atomic E-state index is -0.697. The molecule has 0 aliphatic carbocycles. The van der Waals surface area contributed by atoms with Gasteiger partial charge in [-0.05, 0) is 25.1 Å². The maximum atomic E-state index is 12.5. The molecule has 3 rings (SSSR count). The summed E-state index contributed by atoms with van der Waals surface area (Å²) in [7, 11) is 0. The normalized spacial score (nSPS) is 10.4. The van der Waals surface area contributed by atoms with Crippen molar-refractivity contribution in [1.82, 2.24) is 20.4 Å². The lowest BCUT2D eigenvalue weighted by atomic mass is 10.2. The van der Waals surface area contributed by atoms with E-state index in [0.717, 1.165) is 17.8 Å². The number of carbonyl (C=O) groups is 2. The quantitative estimate of drug-likeness (QED) is 0.259. The van der Waals surface area contributed by atoms with Crippen LogP contribution in [0.4, 0.5) is 5.69 Å². The van der Waals surface area contributed by atoms with E-state index in [2.05, 4.69) is 15.8 Å². The number of nitro groups is 1. The molecule has 2 N–H and O–H groups in total. The van der Waals surface area contributed by atoms with Crippen LogP contribution in [0.5, 0.6) is 0 Å². The van der Waals surface area contributed by atoms with Crippen LogP contribution in [0.2, 0.25) is 0 Å². The second-order valence-corrected chi connectivity index (χ2v) is 7.23. The lowest BCUT2D eigenvalue weighted by Crippen LogP contribution is -2.42. The van der Waals surface area contributed by atoms with Gasteiger partial charge in [0.15, 0.2) is 5.16 Å². The zero-order valence-corrected chi connectivity index (χ0v) is 17.1. The number of hydrogen-bond donors (Lipinski definition) is 2. The Balaban J connectivity index is 1.65. The topological polar surface area (TPSA) is 136 Å². The maximum absolute atomic E-state index is 12.5. The first-order valence-corrected chi connectivity index (χ1v) is 9.96. The van der Waals surface area contributed by atoms with Gasteiger partial charge in [-0.2, -0.15) is 0 Å². The standard InChI is InChI=1S/C20H17N5O5S/c1-13-10-18(27)24(15-7-3-2-4-8-15)20(21-13)31-12-17(26)22-23-19(28)14-6-5-9-16(11-14)25(29)30/h2-11H,12H2,1H3,(H,22,26)(H,23,28). The third-order valence-corrected chi connectivity index (χ3v) is 4.94. The molecule has 0 aliphatic rings. The summed E-state index contributed by atoms with van der Waals surface area (Å²) in [5, 5.41) is 11.1. The molecule has 31 heavy (non-hydrogen) atoms. The highest BCUT2D eigenvalue weighted by Crippen LogP contribution is 2.18. The number of aromatic nitrogens is 2. The summed E-state index contributed by atoms with van der Waals surface area (Å²) < 4.78 is 1.40. The number of hydrogen-bond acceptors (Lipinski definition) is 7. The number of nitro benzene ring substituents is 1. The van der Waals surface area contributed by atoms with Gasteiger partial charge in [-0.25, -0.2) is 4.98 Å². The first-order valence-electron chi connectivity index (χ1n) is 8.97. The number of rotatable bonds is 6. The molecule has 11 heteroatoms. The molecule has 0 aliphatic heterocycles. The van der Waals surface area contributed by atoms with Crippen molar-refractivity contribution in [3.05, 3.63) is 92.4 Å². The lowest BCUT2D eigenvalue weighted by Gasteiger charge is -2.12. The molecular formula is C20H17N5O5S. The predicted molar refractivity (Wildman–Crippen MR) is 114 cm³/mol. The highest BCUT2D eigenvalue weighted by Gasteiger charge is 2.14. The summed E-state index contributed by atoms with van der Waals surface area (Å²) in [5.41, 5.74) is 5.09. The van der Waals surface area contributed by atoms with E-state index in [1.54, 1.807) is 31.2 Å². The maximum Gasteiger partial charge on any atom is 0.270 e. The third-order valence-electron chi connectivity index (χ3n) is 4.00. The fourth-order valence-electron chi connectivity index (χ4n) is 2.61. The van der Waals surface area contributed by atoms with Gasteiger partial charge in [0.25, 0.3) is 17.2 Å². The SMILES string of the molecule is Cc1cc(=O)n(-c2ccccc2)c(SCC(=O)NNC(=O)c2cccc([N+](=O)[O-])c2)n1. The van der Waals surface area contributed by atoms with Crippen molar-refractivity contribution < 1.29 is 14.5 Å². The zero-order chi connectivity index (χ0) is 22.4. The molecule has 0 radical (unpaired) electrons. The number of carbonyl (C=O) groups excluding carboxylic acids is 2. The average Bonchev–Trinajstić information content (AvgIpc) is 2.76. The lowest BCUT2D eigenvalue weighted by molar-refractivity contribution is -0.384. The monoisotopic (exact) mass is 439 g/mol. The van der Waals surface area contributed by atoms with E-state index in [9.17, 15) is 24.5 Å². The predicted octanol–water partition coefficient (Wildman–Crippen LogP) is 2.00.